The van der Waals surface area contributed by atoms with E-state index in [0.717, 1.165) is 29.7 Å². The van der Waals surface area contributed by atoms with Crippen LogP contribution in [0.25, 0.3) is 11.0 Å². The molecule has 1 N–H and O–H groups in total. The lowest BCUT2D eigenvalue weighted by Gasteiger charge is -2.43. The van der Waals surface area contributed by atoms with E-state index in [2.05, 4.69) is 31.8 Å². The summed E-state index contributed by atoms with van der Waals surface area (Å²) in [5, 5.41) is 0. The highest BCUT2D eigenvalue weighted by molar-refractivity contribution is 5.84. The van der Waals surface area contributed by atoms with Crippen molar-refractivity contribution in [3.05, 3.63) is 30.1 Å². The van der Waals surface area contributed by atoms with Crippen molar-refractivity contribution in [2.45, 2.75) is 39.5 Å². The van der Waals surface area contributed by atoms with Crippen LogP contribution in [0.1, 0.15) is 45.4 Å². The first-order valence-electron chi connectivity index (χ1n) is 9.25. The van der Waals surface area contributed by atoms with Gasteiger partial charge in [0.15, 0.2) is 0 Å². The van der Waals surface area contributed by atoms with E-state index in [9.17, 15) is 4.79 Å². The van der Waals surface area contributed by atoms with Crippen molar-refractivity contribution < 1.29 is 9.53 Å². The monoisotopic (exact) mass is 341 g/mol. The van der Waals surface area contributed by atoms with Gasteiger partial charge in [-0.1, -0.05) is 32.9 Å². The van der Waals surface area contributed by atoms with Crippen molar-refractivity contribution in [1.82, 2.24) is 14.9 Å². The van der Waals surface area contributed by atoms with Gasteiger partial charge in [-0.05, 0) is 30.4 Å². The highest BCUT2D eigenvalue weighted by Crippen LogP contribution is 2.60. The Morgan fingerprint density at radius 3 is 2.68 bits per heavy atom. The largest absolute Gasteiger partial charge is 0.378 e. The smallest absolute Gasteiger partial charge is 0.229 e. The number of rotatable bonds is 2. The molecule has 25 heavy (non-hydrogen) atoms. The third kappa shape index (κ3) is 2.48. The van der Waals surface area contributed by atoms with Crippen LogP contribution < -0.4 is 0 Å². The fourth-order valence-electron chi connectivity index (χ4n) is 4.61. The van der Waals surface area contributed by atoms with E-state index in [1.165, 1.54) is 0 Å². The summed E-state index contributed by atoms with van der Waals surface area (Å²) in [4.78, 5) is 23.6. The topological polar surface area (TPSA) is 58.2 Å². The maximum atomic E-state index is 13.3. The zero-order valence-corrected chi connectivity index (χ0v) is 15.3. The Bertz CT molecular complexity index is 758. The fourth-order valence-corrected chi connectivity index (χ4v) is 4.61. The Labute approximate surface area is 148 Å². The van der Waals surface area contributed by atoms with Gasteiger partial charge in [-0.2, -0.15) is 0 Å². The Balaban J connectivity index is 1.65. The molecule has 2 fully saturated rings. The number of H-pyrrole nitrogens is 1. The van der Waals surface area contributed by atoms with E-state index in [-0.39, 0.29) is 22.7 Å². The predicted molar refractivity (Wildman–Crippen MR) is 97.4 cm³/mol. The van der Waals surface area contributed by atoms with Crippen LogP contribution in [0.2, 0.25) is 0 Å². The second kappa shape index (κ2) is 5.84. The van der Waals surface area contributed by atoms with Crippen LogP contribution in [0.5, 0.6) is 0 Å². The second-order valence-corrected chi connectivity index (χ2v) is 8.19. The Morgan fingerprint density at radius 2 is 1.96 bits per heavy atom. The van der Waals surface area contributed by atoms with Crippen molar-refractivity contribution in [2.75, 3.05) is 26.3 Å². The molecular formula is C20H27N3O2. The first kappa shape index (κ1) is 16.6. The third-order valence-electron chi connectivity index (χ3n) is 6.73. The van der Waals surface area contributed by atoms with Crippen molar-refractivity contribution in [3.8, 4) is 0 Å². The minimum absolute atomic E-state index is 0.156. The maximum absolute atomic E-state index is 13.3. The molecule has 2 aliphatic rings. The number of morpholine rings is 1. The second-order valence-electron chi connectivity index (χ2n) is 8.19. The number of amides is 1. The average Bonchev–Trinajstić information content (AvgIpc) is 3.14. The summed E-state index contributed by atoms with van der Waals surface area (Å²) in [6.45, 7) is 9.32. The van der Waals surface area contributed by atoms with Crippen molar-refractivity contribution in [1.29, 1.82) is 0 Å². The molecular weight excluding hydrogens is 314 g/mol. The number of hydrogen-bond acceptors (Lipinski definition) is 3. The number of benzene rings is 1. The lowest BCUT2D eigenvalue weighted by molar-refractivity contribution is -0.151. The van der Waals surface area contributed by atoms with Crippen molar-refractivity contribution in [3.63, 3.8) is 0 Å². The fraction of sp³-hybridized carbons (Fsp3) is 0.600. The molecule has 1 saturated carbocycles. The van der Waals surface area contributed by atoms with E-state index in [1.807, 2.05) is 23.1 Å². The molecule has 0 radical (unpaired) electrons. The molecule has 0 spiro atoms. The highest BCUT2D eigenvalue weighted by atomic mass is 16.5. The average molecular weight is 341 g/mol. The van der Waals surface area contributed by atoms with Crippen LogP contribution in [-0.4, -0.2) is 47.1 Å². The number of aromatic nitrogens is 2. The number of para-hydroxylation sites is 2. The zero-order valence-electron chi connectivity index (χ0n) is 15.3. The van der Waals surface area contributed by atoms with E-state index in [1.54, 1.807) is 0 Å². The van der Waals surface area contributed by atoms with Gasteiger partial charge in [0.05, 0.1) is 29.7 Å². The van der Waals surface area contributed by atoms with Gasteiger partial charge in [-0.25, -0.2) is 4.98 Å². The molecule has 1 aliphatic carbocycles. The summed E-state index contributed by atoms with van der Waals surface area (Å²) in [7, 11) is 0. The minimum Gasteiger partial charge on any atom is -0.378 e. The molecule has 134 valence electrons. The summed E-state index contributed by atoms with van der Waals surface area (Å²) in [6, 6.07) is 8.14. The van der Waals surface area contributed by atoms with Gasteiger partial charge in [0, 0.05) is 19.0 Å². The molecule has 1 aliphatic heterocycles. The molecule has 4 rings (SSSR count). The van der Waals surface area contributed by atoms with Gasteiger partial charge >= 0.3 is 0 Å². The predicted octanol–water partition coefficient (Wildman–Crippen LogP) is 3.33. The number of nitrogens with one attached hydrogen (secondary N) is 1. The molecule has 2 aromatic rings. The summed E-state index contributed by atoms with van der Waals surface area (Å²) in [5.41, 5.74) is 1.55. The molecule has 1 amide bonds. The molecule has 2 heterocycles. The lowest BCUT2D eigenvalue weighted by atomic mass is 9.64. The van der Waals surface area contributed by atoms with Gasteiger partial charge in [0.1, 0.15) is 5.82 Å². The molecule has 2 unspecified atom stereocenters. The van der Waals surface area contributed by atoms with Crippen LogP contribution in [0, 0.1) is 10.8 Å². The first-order chi connectivity index (χ1) is 11.9. The van der Waals surface area contributed by atoms with Gasteiger partial charge in [-0.3, -0.25) is 4.79 Å². The number of nitrogens with zero attached hydrogens (tertiary/aromatic N) is 2. The molecule has 1 saturated heterocycles. The highest BCUT2D eigenvalue weighted by Gasteiger charge is 2.58. The van der Waals surface area contributed by atoms with Crippen LogP contribution in [-0.2, 0) is 9.53 Å². The summed E-state index contributed by atoms with van der Waals surface area (Å²) in [5.74, 6) is 1.55. The molecule has 1 aromatic carbocycles. The van der Waals surface area contributed by atoms with E-state index in [4.69, 9.17) is 9.72 Å². The van der Waals surface area contributed by atoms with Crippen molar-refractivity contribution in [2.24, 2.45) is 10.8 Å². The zero-order chi connectivity index (χ0) is 17.7. The Kier molecular flexibility index (Phi) is 3.87. The SMILES string of the molecule is CC1(C(=O)N2CCOCC2)CCC(c2nc3ccccc3[nH]2)C1(C)C. The number of hydrogen-bond donors (Lipinski definition) is 1. The van der Waals surface area contributed by atoms with E-state index >= 15 is 0 Å². The standard InChI is InChI=1S/C20H27N3O2/c1-19(2)14(17-21-15-6-4-5-7-16(15)22-17)8-9-20(19,3)18(24)23-10-12-25-13-11-23/h4-7,14H,8-13H2,1-3H3,(H,21,22). The maximum Gasteiger partial charge on any atom is 0.229 e. The lowest BCUT2D eigenvalue weighted by Crippen LogP contribution is -2.51. The van der Waals surface area contributed by atoms with Gasteiger partial charge in [-0.15, -0.1) is 0 Å². The quantitative estimate of drug-likeness (QED) is 0.911. The molecule has 0 bridgehead atoms. The number of imidazole rings is 1. The summed E-state index contributed by atoms with van der Waals surface area (Å²) in [6.07, 6.45) is 1.89. The third-order valence-corrected chi connectivity index (χ3v) is 6.73. The number of ether oxygens (including phenoxy) is 1. The van der Waals surface area contributed by atoms with Gasteiger partial charge in [0.25, 0.3) is 0 Å². The van der Waals surface area contributed by atoms with E-state index in [0.29, 0.717) is 26.3 Å². The molecule has 5 heteroatoms. The number of aromatic amines is 1. The van der Waals surface area contributed by atoms with Crippen LogP contribution in [0.4, 0.5) is 0 Å². The first-order valence-corrected chi connectivity index (χ1v) is 9.25. The summed E-state index contributed by atoms with van der Waals surface area (Å²) >= 11 is 0. The van der Waals surface area contributed by atoms with Crippen molar-refractivity contribution >= 4 is 16.9 Å². The number of fused-ring (bicyclic) bond motifs is 1. The van der Waals surface area contributed by atoms with E-state index < -0.39 is 0 Å². The number of carbonyl (C=O) groups excluding carboxylic acids is 1. The summed E-state index contributed by atoms with van der Waals surface area (Å²) < 4.78 is 5.41. The van der Waals surface area contributed by atoms with Crippen LogP contribution >= 0.6 is 0 Å². The number of carbonyl (C=O) groups is 1. The molecule has 5 nitrogen and oxygen atoms in total. The van der Waals surface area contributed by atoms with Crippen LogP contribution in [0.3, 0.4) is 0 Å². The van der Waals surface area contributed by atoms with Gasteiger partial charge < -0.3 is 14.6 Å². The Hall–Kier alpha value is -1.88. The normalized spacial score (nSPS) is 29.2. The molecule has 2 atom stereocenters. The molecule has 1 aromatic heterocycles. The van der Waals surface area contributed by atoms with Gasteiger partial charge in [0.2, 0.25) is 5.91 Å². The Morgan fingerprint density at radius 1 is 1.24 bits per heavy atom. The van der Waals surface area contributed by atoms with Crippen LogP contribution in [0.15, 0.2) is 24.3 Å². The minimum atomic E-state index is -0.367.